The predicted octanol–water partition coefficient (Wildman–Crippen LogP) is 3.36. The summed E-state index contributed by atoms with van der Waals surface area (Å²) in [6.07, 6.45) is 0.364. The second kappa shape index (κ2) is 7.73. The van der Waals surface area contributed by atoms with E-state index in [1.807, 2.05) is 0 Å². The Labute approximate surface area is 168 Å². The Morgan fingerprint density at radius 1 is 1.30 bits per heavy atom. The Morgan fingerprint density at radius 2 is 2.13 bits per heavy atom. The summed E-state index contributed by atoms with van der Waals surface area (Å²) in [6.45, 7) is 0. The second-order valence-electron chi connectivity index (χ2n) is 6.62. The monoisotopic (exact) mass is 419 g/mol. The van der Waals surface area contributed by atoms with E-state index in [9.17, 15) is 18.0 Å². The summed E-state index contributed by atoms with van der Waals surface area (Å²) in [5.74, 6) is 0.603. The first kappa shape index (κ1) is 19.8. The van der Waals surface area contributed by atoms with Crippen LogP contribution in [-0.4, -0.2) is 33.0 Å². The molecule has 0 unspecified atom stereocenters. The molecule has 1 aliphatic carbocycles. The number of carbonyl (C=O) groups is 1. The molecule has 4 rings (SSSR count). The van der Waals surface area contributed by atoms with E-state index in [1.54, 1.807) is 18.3 Å². The Bertz CT molecular complexity index is 1080. The number of methoxy groups -OCH3 is 1. The summed E-state index contributed by atoms with van der Waals surface area (Å²) in [5, 5.41) is 2.69. The van der Waals surface area contributed by atoms with Crippen LogP contribution in [0.4, 0.5) is 13.2 Å². The van der Waals surface area contributed by atoms with Gasteiger partial charge in [0.25, 0.3) is 5.91 Å². The molecule has 0 aromatic carbocycles. The molecular formula is C19H16F3N5O3. The number of pyridine rings is 1. The van der Waals surface area contributed by atoms with Crippen molar-refractivity contribution >= 4 is 5.91 Å². The number of hydrogen-bond donors (Lipinski definition) is 1. The molecule has 156 valence electrons. The zero-order chi connectivity index (χ0) is 21.3. The molecular weight excluding hydrogens is 403 g/mol. The number of nitrogens with one attached hydrogen (secondary N) is 1. The largest absolute Gasteiger partial charge is 0.481 e. The zero-order valence-corrected chi connectivity index (χ0v) is 15.7. The molecule has 1 amide bonds. The van der Waals surface area contributed by atoms with Gasteiger partial charge in [-0.3, -0.25) is 9.78 Å². The third-order valence-corrected chi connectivity index (χ3v) is 4.61. The number of aryl methyl sites for hydroxylation is 1. The molecule has 3 heterocycles. The minimum absolute atomic E-state index is 0.348. The van der Waals surface area contributed by atoms with E-state index in [4.69, 9.17) is 9.15 Å². The van der Waals surface area contributed by atoms with Gasteiger partial charge in [0, 0.05) is 24.2 Å². The van der Waals surface area contributed by atoms with Crippen molar-refractivity contribution in [1.29, 1.82) is 0 Å². The molecule has 0 saturated carbocycles. The van der Waals surface area contributed by atoms with Gasteiger partial charge in [0.2, 0.25) is 11.8 Å². The summed E-state index contributed by atoms with van der Waals surface area (Å²) >= 11 is 0. The summed E-state index contributed by atoms with van der Waals surface area (Å²) in [6, 6.07) is 2.87. The van der Waals surface area contributed by atoms with Crippen LogP contribution in [0.25, 0.3) is 11.5 Å². The lowest BCUT2D eigenvalue weighted by molar-refractivity contribution is -0.141. The Hall–Kier alpha value is -3.50. The van der Waals surface area contributed by atoms with Crippen molar-refractivity contribution in [3.63, 3.8) is 0 Å². The maximum absolute atomic E-state index is 12.8. The number of alkyl halides is 3. The van der Waals surface area contributed by atoms with Crippen LogP contribution in [0.15, 0.2) is 35.1 Å². The van der Waals surface area contributed by atoms with Crippen molar-refractivity contribution in [1.82, 2.24) is 25.3 Å². The topological polar surface area (TPSA) is 103 Å². The van der Waals surface area contributed by atoms with Gasteiger partial charge in [-0.15, -0.1) is 0 Å². The highest BCUT2D eigenvalue weighted by Gasteiger charge is 2.34. The zero-order valence-electron chi connectivity index (χ0n) is 15.7. The molecule has 1 aliphatic rings. The van der Waals surface area contributed by atoms with Crippen LogP contribution < -0.4 is 10.1 Å². The molecule has 1 N–H and O–H groups in total. The van der Waals surface area contributed by atoms with Gasteiger partial charge in [0.15, 0.2) is 5.69 Å². The number of rotatable bonds is 4. The summed E-state index contributed by atoms with van der Waals surface area (Å²) in [5.41, 5.74) is -0.445. The summed E-state index contributed by atoms with van der Waals surface area (Å²) in [7, 11) is 1.49. The number of hydrogen-bond acceptors (Lipinski definition) is 7. The average molecular weight is 419 g/mol. The van der Waals surface area contributed by atoms with Crippen LogP contribution in [0.1, 0.15) is 46.5 Å². The molecule has 0 spiro atoms. The standard InChI is InChI=1S/C19H16F3N5O3/c1-29-15-7-10(5-6-24-15)18-27-16-11(3-2-4-13(16)30-18)26-17(28)12-8-23-9-14(25-12)19(20,21)22/h5-9,11H,2-4H2,1H3,(H,26,28)/t11-/m0/s1. The van der Waals surface area contributed by atoms with E-state index in [0.29, 0.717) is 47.8 Å². The van der Waals surface area contributed by atoms with E-state index in [0.717, 1.165) is 12.6 Å². The van der Waals surface area contributed by atoms with Crippen molar-refractivity contribution in [2.45, 2.75) is 31.5 Å². The van der Waals surface area contributed by atoms with Crippen molar-refractivity contribution in [2.75, 3.05) is 7.11 Å². The van der Waals surface area contributed by atoms with Crippen LogP contribution in [0.5, 0.6) is 5.88 Å². The number of carbonyl (C=O) groups excluding carboxylic acids is 1. The molecule has 11 heteroatoms. The lowest BCUT2D eigenvalue weighted by Gasteiger charge is -2.21. The highest BCUT2D eigenvalue weighted by molar-refractivity contribution is 5.92. The molecule has 8 nitrogen and oxygen atoms in total. The van der Waals surface area contributed by atoms with Gasteiger partial charge >= 0.3 is 6.18 Å². The van der Waals surface area contributed by atoms with E-state index in [2.05, 4.69) is 25.3 Å². The van der Waals surface area contributed by atoms with Gasteiger partial charge in [-0.1, -0.05) is 0 Å². The van der Waals surface area contributed by atoms with Gasteiger partial charge in [-0.05, 0) is 18.9 Å². The second-order valence-corrected chi connectivity index (χ2v) is 6.62. The molecule has 0 saturated heterocycles. The summed E-state index contributed by atoms with van der Waals surface area (Å²) < 4.78 is 49.5. The quantitative estimate of drug-likeness (QED) is 0.692. The minimum Gasteiger partial charge on any atom is -0.481 e. The molecule has 0 fully saturated rings. The average Bonchev–Trinajstić information content (AvgIpc) is 3.19. The van der Waals surface area contributed by atoms with Crippen molar-refractivity contribution in [2.24, 2.45) is 0 Å². The van der Waals surface area contributed by atoms with Crippen molar-refractivity contribution in [3.8, 4) is 17.3 Å². The van der Waals surface area contributed by atoms with E-state index < -0.39 is 29.5 Å². The fourth-order valence-corrected chi connectivity index (χ4v) is 3.18. The number of nitrogens with zero attached hydrogens (tertiary/aromatic N) is 4. The van der Waals surface area contributed by atoms with Gasteiger partial charge in [0.1, 0.15) is 17.1 Å². The molecule has 30 heavy (non-hydrogen) atoms. The van der Waals surface area contributed by atoms with Gasteiger partial charge in [0.05, 0.1) is 25.5 Å². The van der Waals surface area contributed by atoms with E-state index in [-0.39, 0.29) is 0 Å². The number of fused-ring (bicyclic) bond motifs is 1. The molecule has 0 bridgehead atoms. The number of halogens is 3. The predicted molar refractivity (Wildman–Crippen MR) is 96.5 cm³/mol. The smallest absolute Gasteiger partial charge is 0.434 e. The normalized spacial score (nSPS) is 16.1. The highest BCUT2D eigenvalue weighted by Crippen LogP contribution is 2.34. The number of oxazole rings is 1. The third-order valence-electron chi connectivity index (χ3n) is 4.61. The molecule has 3 aromatic heterocycles. The first-order chi connectivity index (χ1) is 14.3. The molecule has 0 radical (unpaired) electrons. The fraction of sp³-hybridized carbons (Fsp3) is 0.316. The maximum atomic E-state index is 12.8. The van der Waals surface area contributed by atoms with Gasteiger partial charge in [-0.2, -0.15) is 13.2 Å². The van der Waals surface area contributed by atoms with Crippen LogP contribution in [0.3, 0.4) is 0 Å². The molecule has 1 atom stereocenters. The van der Waals surface area contributed by atoms with Gasteiger partial charge < -0.3 is 14.5 Å². The van der Waals surface area contributed by atoms with Crippen LogP contribution in [-0.2, 0) is 12.6 Å². The van der Waals surface area contributed by atoms with Crippen molar-refractivity contribution < 1.29 is 27.1 Å². The van der Waals surface area contributed by atoms with E-state index in [1.165, 1.54) is 7.11 Å². The maximum Gasteiger partial charge on any atom is 0.434 e. The first-order valence-corrected chi connectivity index (χ1v) is 9.05. The first-order valence-electron chi connectivity index (χ1n) is 9.05. The SMILES string of the molecule is COc1cc(-c2nc3c(o2)CCC[C@@H]3NC(=O)c2cncc(C(F)(F)F)n2)ccn1. The van der Waals surface area contributed by atoms with Crippen LogP contribution in [0, 0.1) is 0 Å². The molecule has 3 aromatic rings. The minimum atomic E-state index is -4.69. The summed E-state index contributed by atoms with van der Waals surface area (Å²) in [4.78, 5) is 27.9. The third kappa shape index (κ3) is 3.95. The number of amides is 1. The van der Waals surface area contributed by atoms with Crippen LogP contribution in [0.2, 0.25) is 0 Å². The van der Waals surface area contributed by atoms with Crippen molar-refractivity contribution in [3.05, 3.63) is 53.6 Å². The van der Waals surface area contributed by atoms with Crippen LogP contribution >= 0.6 is 0 Å². The Balaban J connectivity index is 1.58. The highest BCUT2D eigenvalue weighted by atomic mass is 19.4. The lowest BCUT2D eigenvalue weighted by Crippen LogP contribution is -2.32. The van der Waals surface area contributed by atoms with E-state index >= 15 is 0 Å². The molecule has 0 aliphatic heterocycles. The number of aromatic nitrogens is 4. The van der Waals surface area contributed by atoms with Gasteiger partial charge in [-0.25, -0.2) is 15.0 Å². The fourth-order valence-electron chi connectivity index (χ4n) is 3.18. The lowest BCUT2D eigenvalue weighted by atomic mass is 9.96. The Morgan fingerprint density at radius 3 is 2.90 bits per heavy atom. The Kier molecular flexibility index (Phi) is 5.10. The number of ether oxygens (including phenoxy) is 1.